The maximum atomic E-state index is 13.0. The lowest BCUT2D eigenvalue weighted by Crippen LogP contribution is -2.48. The first kappa shape index (κ1) is 19.6. The second-order valence-electron chi connectivity index (χ2n) is 8.95. The average Bonchev–Trinajstić information content (AvgIpc) is 3.62. The summed E-state index contributed by atoms with van der Waals surface area (Å²) in [5, 5.41) is 0. The minimum Gasteiger partial charge on any atom is -0.378 e. The number of aromatic amines is 1. The predicted octanol–water partition coefficient (Wildman–Crippen LogP) is 2.37. The quantitative estimate of drug-likeness (QED) is 0.674. The molecule has 166 valence electrons. The Labute approximate surface area is 186 Å². The molecule has 0 radical (unpaired) electrons. The van der Waals surface area contributed by atoms with Gasteiger partial charge in [-0.25, -0.2) is 15.0 Å². The van der Waals surface area contributed by atoms with E-state index in [-0.39, 0.29) is 11.8 Å². The summed E-state index contributed by atoms with van der Waals surface area (Å²) in [6, 6.07) is 4.03. The zero-order valence-electron chi connectivity index (χ0n) is 18.0. The zero-order chi connectivity index (χ0) is 21.5. The number of ether oxygens (including phenoxy) is 1. The number of rotatable bonds is 4. The minimum atomic E-state index is 0.00882. The lowest BCUT2D eigenvalue weighted by molar-refractivity contribution is -0.139. The number of amides is 1. The maximum Gasteiger partial charge on any atom is 0.227 e. The molecule has 2 aliphatic heterocycles. The Morgan fingerprint density at radius 2 is 1.91 bits per heavy atom. The molecule has 0 aromatic carbocycles. The molecule has 1 saturated carbocycles. The van der Waals surface area contributed by atoms with Crippen LogP contribution in [0, 0.1) is 5.92 Å². The highest BCUT2D eigenvalue weighted by Gasteiger charge is 2.31. The fourth-order valence-corrected chi connectivity index (χ4v) is 4.68. The summed E-state index contributed by atoms with van der Waals surface area (Å²) >= 11 is 0. The van der Waals surface area contributed by atoms with Gasteiger partial charge < -0.3 is 19.5 Å². The van der Waals surface area contributed by atoms with Crippen LogP contribution in [0.3, 0.4) is 0 Å². The smallest absolute Gasteiger partial charge is 0.227 e. The van der Waals surface area contributed by atoms with Gasteiger partial charge in [0.1, 0.15) is 11.5 Å². The van der Waals surface area contributed by atoms with Crippen LogP contribution >= 0.6 is 0 Å². The van der Waals surface area contributed by atoms with Crippen LogP contribution in [0.2, 0.25) is 0 Å². The molecule has 9 heteroatoms. The van der Waals surface area contributed by atoms with Gasteiger partial charge in [-0.1, -0.05) is 0 Å². The molecule has 3 aliphatic rings. The lowest BCUT2D eigenvalue weighted by Gasteiger charge is -2.36. The van der Waals surface area contributed by atoms with E-state index in [0.717, 1.165) is 42.1 Å². The second-order valence-corrected chi connectivity index (χ2v) is 8.95. The van der Waals surface area contributed by atoms with Crippen molar-refractivity contribution in [2.24, 2.45) is 5.92 Å². The standard InChI is InChI=1S/C23H27N7O2/c31-23(29-8-10-32-11-9-29)16-2-1-7-30(14-16)20-6-5-17-21(27-20)28-22(26-17)19-13-24-12-18(25-19)15-3-4-15/h5-6,12-13,15-16H,1-4,7-11,14H2,(H,26,27,28)/t16-/m1/s1. The minimum absolute atomic E-state index is 0.00882. The maximum absolute atomic E-state index is 13.0. The number of fused-ring (bicyclic) bond motifs is 1. The molecule has 5 heterocycles. The topological polar surface area (TPSA) is 100 Å². The summed E-state index contributed by atoms with van der Waals surface area (Å²) in [6.45, 7) is 4.25. The van der Waals surface area contributed by atoms with Crippen molar-refractivity contribution < 1.29 is 9.53 Å². The monoisotopic (exact) mass is 433 g/mol. The molecule has 1 aliphatic carbocycles. The predicted molar refractivity (Wildman–Crippen MR) is 119 cm³/mol. The molecule has 0 unspecified atom stereocenters. The number of pyridine rings is 1. The molecule has 0 spiro atoms. The number of morpholine rings is 1. The molecule has 3 aromatic heterocycles. The number of imidazole rings is 1. The number of H-pyrrole nitrogens is 1. The fraction of sp³-hybridized carbons (Fsp3) is 0.522. The van der Waals surface area contributed by atoms with Crippen LogP contribution in [0.15, 0.2) is 24.5 Å². The van der Waals surface area contributed by atoms with Crippen LogP contribution in [0.4, 0.5) is 5.82 Å². The van der Waals surface area contributed by atoms with E-state index in [0.29, 0.717) is 50.2 Å². The molecule has 3 aromatic rings. The Kier molecular flexibility index (Phi) is 4.98. The van der Waals surface area contributed by atoms with Gasteiger partial charge in [0.25, 0.3) is 0 Å². The Morgan fingerprint density at radius 3 is 2.75 bits per heavy atom. The molecule has 3 fully saturated rings. The van der Waals surface area contributed by atoms with E-state index in [1.165, 1.54) is 12.8 Å². The largest absolute Gasteiger partial charge is 0.378 e. The van der Waals surface area contributed by atoms with E-state index < -0.39 is 0 Å². The number of aromatic nitrogens is 5. The average molecular weight is 434 g/mol. The van der Waals surface area contributed by atoms with Crippen LogP contribution < -0.4 is 4.90 Å². The van der Waals surface area contributed by atoms with Gasteiger partial charge >= 0.3 is 0 Å². The Bertz CT molecular complexity index is 1140. The van der Waals surface area contributed by atoms with Crippen molar-refractivity contribution in [3.05, 3.63) is 30.2 Å². The highest BCUT2D eigenvalue weighted by Crippen LogP contribution is 2.39. The number of nitrogens with one attached hydrogen (secondary N) is 1. The normalized spacial score (nSPS) is 21.8. The summed E-state index contributed by atoms with van der Waals surface area (Å²) in [5.41, 5.74) is 3.34. The zero-order valence-corrected chi connectivity index (χ0v) is 18.0. The molecule has 9 nitrogen and oxygen atoms in total. The summed E-state index contributed by atoms with van der Waals surface area (Å²) < 4.78 is 5.39. The molecule has 0 bridgehead atoms. The number of hydrogen-bond acceptors (Lipinski definition) is 7. The third kappa shape index (κ3) is 3.81. The first-order valence-electron chi connectivity index (χ1n) is 11.6. The van der Waals surface area contributed by atoms with E-state index in [1.807, 2.05) is 23.2 Å². The van der Waals surface area contributed by atoms with Gasteiger partial charge in [0.2, 0.25) is 5.91 Å². The third-order valence-corrected chi connectivity index (χ3v) is 6.64. The number of carbonyl (C=O) groups excluding carboxylic acids is 1. The summed E-state index contributed by atoms with van der Waals surface area (Å²) in [7, 11) is 0. The summed E-state index contributed by atoms with van der Waals surface area (Å²) in [6.07, 6.45) is 7.89. The van der Waals surface area contributed by atoms with E-state index >= 15 is 0 Å². The van der Waals surface area contributed by atoms with Gasteiger partial charge in [-0.2, -0.15) is 0 Å². The van der Waals surface area contributed by atoms with Crippen molar-refractivity contribution in [1.82, 2.24) is 29.8 Å². The third-order valence-electron chi connectivity index (χ3n) is 6.64. The van der Waals surface area contributed by atoms with Crippen molar-refractivity contribution in [1.29, 1.82) is 0 Å². The molecule has 2 saturated heterocycles. The fourth-order valence-electron chi connectivity index (χ4n) is 4.68. The SMILES string of the molecule is O=C([C@@H]1CCCN(c2ccc3[nH]c(-c4cncc(C5CC5)n4)nc3n2)C1)N1CCOCC1. The van der Waals surface area contributed by atoms with Crippen LogP contribution in [-0.4, -0.2) is 75.1 Å². The van der Waals surface area contributed by atoms with Crippen molar-refractivity contribution >= 4 is 22.9 Å². The highest BCUT2D eigenvalue weighted by molar-refractivity contribution is 5.80. The summed E-state index contributed by atoms with van der Waals surface area (Å²) in [5.74, 6) is 2.36. The van der Waals surface area contributed by atoms with E-state index in [4.69, 9.17) is 19.7 Å². The number of hydrogen-bond donors (Lipinski definition) is 1. The van der Waals surface area contributed by atoms with Crippen molar-refractivity contribution in [2.75, 3.05) is 44.3 Å². The first-order valence-corrected chi connectivity index (χ1v) is 11.6. The number of piperidine rings is 1. The van der Waals surface area contributed by atoms with Gasteiger partial charge in [0.15, 0.2) is 11.5 Å². The molecule has 32 heavy (non-hydrogen) atoms. The van der Waals surface area contributed by atoms with Crippen LogP contribution in [0.5, 0.6) is 0 Å². The molecular formula is C23H27N7O2. The molecular weight excluding hydrogens is 406 g/mol. The van der Waals surface area contributed by atoms with Crippen LogP contribution in [0.1, 0.15) is 37.3 Å². The van der Waals surface area contributed by atoms with E-state index in [1.54, 1.807) is 6.20 Å². The van der Waals surface area contributed by atoms with E-state index in [2.05, 4.69) is 14.9 Å². The molecule has 1 atom stereocenters. The van der Waals surface area contributed by atoms with Gasteiger partial charge in [0.05, 0.1) is 36.5 Å². The molecule has 1 amide bonds. The number of nitrogens with zero attached hydrogens (tertiary/aromatic N) is 6. The second kappa shape index (κ2) is 8.12. The van der Waals surface area contributed by atoms with Gasteiger partial charge in [-0.3, -0.25) is 9.78 Å². The first-order chi connectivity index (χ1) is 15.7. The number of anilines is 1. The Balaban J connectivity index is 1.21. The van der Waals surface area contributed by atoms with Crippen molar-refractivity contribution in [3.63, 3.8) is 0 Å². The molecule has 6 rings (SSSR count). The van der Waals surface area contributed by atoms with Crippen LogP contribution in [-0.2, 0) is 9.53 Å². The van der Waals surface area contributed by atoms with Gasteiger partial charge in [-0.15, -0.1) is 0 Å². The lowest BCUT2D eigenvalue weighted by atomic mass is 9.96. The summed E-state index contributed by atoms with van der Waals surface area (Å²) in [4.78, 5) is 39.1. The highest BCUT2D eigenvalue weighted by atomic mass is 16.5. The van der Waals surface area contributed by atoms with Crippen molar-refractivity contribution in [2.45, 2.75) is 31.6 Å². The molecule has 1 N–H and O–H groups in total. The Morgan fingerprint density at radius 1 is 1.03 bits per heavy atom. The Hall–Kier alpha value is -3.07. The van der Waals surface area contributed by atoms with E-state index in [9.17, 15) is 4.79 Å². The number of carbonyl (C=O) groups is 1. The van der Waals surface area contributed by atoms with Crippen molar-refractivity contribution in [3.8, 4) is 11.5 Å². The van der Waals surface area contributed by atoms with Gasteiger partial charge in [0, 0.05) is 38.3 Å². The van der Waals surface area contributed by atoms with Gasteiger partial charge in [-0.05, 0) is 37.8 Å². The van der Waals surface area contributed by atoms with Crippen LogP contribution in [0.25, 0.3) is 22.7 Å².